The number of carbonyl (C=O) groups excluding carboxylic acids is 2. The van der Waals surface area contributed by atoms with Crippen LogP contribution in [0.5, 0.6) is 0 Å². The van der Waals surface area contributed by atoms with Crippen LogP contribution in [-0.2, 0) is 14.3 Å². The molecule has 1 atom stereocenters. The Kier molecular flexibility index (Phi) is 5.97. The molecule has 0 saturated carbocycles. The number of carbonyl (C=O) groups is 2. The number of ether oxygens (including phenoxy) is 1. The summed E-state index contributed by atoms with van der Waals surface area (Å²) in [5, 5.41) is 0. The topological polar surface area (TPSA) is 49.9 Å². The third kappa shape index (κ3) is 3.93. The molecule has 2 heterocycles. The van der Waals surface area contributed by atoms with Crippen LogP contribution >= 0.6 is 0 Å². The van der Waals surface area contributed by atoms with Crippen molar-refractivity contribution in [2.45, 2.75) is 39.0 Å². The lowest BCUT2D eigenvalue weighted by Gasteiger charge is -2.49. The minimum Gasteiger partial charge on any atom is -0.372 e. The van der Waals surface area contributed by atoms with E-state index in [0.29, 0.717) is 6.61 Å². The zero-order chi connectivity index (χ0) is 18.6. The van der Waals surface area contributed by atoms with E-state index in [4.69, 9.17) is 4.74 Å². The molecule has 2 aliphatic heterocycles. The fraction of sp³-hybridized carbons (Fsp3) is 0.619. The van der Waals surface area contributed by atoms with E-state index in [1.807, 2.05) is 34.9 Å². The number of likely N-dealkylation sites (tertiary alicyclic amines) is 2. The van der Waals surface area contributed by atoms with Crippen molar-refractivity contribution >= 4 is 11.8 Å². The number of rotatable bonds is 5. The molecule has 5 heteroatoms. The van der Waals surface area contributed by atoms with Crippen LogP contribution in [0.2, 0.25) is 0 Å². The van der Waals surface area contributed by atoms with Crippen LogP contribution in [0.1, 0.15) is 44.6 Å². The highest BCUT2D eigenvalue weighted by atomic mass is 16.5. The minimum absolute atomic E-state index is 0.0597. The summed E-state index contributed by atoms with van der Waals surface area (Å²) >= 11 is 0. The second-order valence-electron chi connectivity index (χ2n) is 7.54. The monoisotopic (exact) mass is 358 g/mol. The van der Waals surface area contributed by atoms with E-state index in [0.717, 1.165) is 51.0 Å². The first kappa shape index (κ1) is 18.9. The summed E-state index contributed by atoms with van der Waals surface area (Å²) in [5.74, 6) is 0.273. The Labute approximate surface area is 156 Å². The van der Waals surface area contributed by atoms with Gasteiger partial charge in [-0.2, -0.15) is 0 Å². The fourth-order valence-corrected chi connectivity index (χ4v) is 4.37. The number of likely N-dealkylation sites (N-methyl/N-ethyl adjacent to an activating group) is 1. The number of benzene rings is 1. The van der Waals surface area contributed by atoms with Crippen molar-refractivity contribution in [1.82, 2.24) is 9.80 Å². The molecule has 1 unspecified atom stereocenters. The van der Waals surface area contributed by atoms with Gasteiger partial charge in [-0.1, -0.05) is 30.3 Å². The largest absolute Gasteiger partial charge is 0.372 e. The molecule has 1 aromatic rings. The van der Waals surface area contributed by atoms with Crippen LogP contribution in [0.25, 0.3) is 0 Å². The molecule has 142 valence electrons. The Morgan fingerprint density at radius 1 is 1.19 bits per heavy atom. The molecular weight excluding hydrogens is 328 g/mol. The lowest BCUT2D eigenvalue weighted by atomic mass is 9.67. The average molecular weight is 358 g/mol. The number of piperidine rings is 2. The average Bonchev–Trinajstić information content (AvgIpc) is 2.69. The van der Waals surface area contributed by atoms with Gasteiger partial charge in [-0.3, -0.25) is 9.59 Å². The summed E-state index contributed by atoms with van der Waals surface area (Å²) < 4.78 is 5.26. The summed E-state index contributed by atoms with van der Waals surface area (Å²) in [5.41, 5.74) is 1.23. The van der Waals surface area contributed by atoms with Crippen LogP contribution in [0.4, 0.5) is 0 Å². The summed E-state index contributed by atoms with van der Waals surface area (Å²) in [4.78, 5) is 29.1. The van der Waals surface area contributed by atoms with E-state index < -0.39 is 0 Å². The normalized spacial score (nSPS) is 22.7. The van der Waals surface area contributed by atoms with Crippen LogP contribution < -0.4 is 0 Å². The van der Waals surface area contributed by atoms with E-state index in [1.165, 1.54) is 0 Å². The van der Waals surface area contributed by atoms with Gasteiger partial charge in [-0.05, 0) is 44.1 Å². The van der Waals surface area contributed by atoms with E-state index in [-0.39, 0.29) is 29.8 Å². The Morgan fingerprint density at radius 2 is 1.88 bits per heavy atom. The molecular formula is C21H30N2O3. The molecule has 0 N–H and O–H groups in total. The van der Waals surface area contributed by atoms with Crippen molar-refractivity contribution in [2.24, 2.45) is 5.41 Å². The number of hydrogen-bond acceptors (Lipinski definition) is 3. The Balaban J connectivity index is 1.72. The van der Waals surface area contributed by atoms with Gasteiger partial charge in [-0.15, -0.1) is 0 Å². The van der Waals surface area contributed by atoms with Gasteiger partial charge in [0.1, 0.15) is 6.61 Å². The predicted octanol–water partition coefficient (Wildman–Crippen LogP) is 2.67. The maximum absolute atomic E-state index is 12.9. The first-order chi connectivity index (χ1) is 12.6. The van der Waals surface area contributed by atoms with Crippen molar-refractivity contribution in [2.75, 3.05) is 39.4 Å². The third-order valence-electron chi connectivity index (χ3n) is 5.96. The zero-order valence-corrected chi connectivity index (χ0v) is 15.9. The van der Waals surface area contributed by atoms with Crippen molar-refractivity contribution in [3.8, 4) is 0 Å². The fourth-order valence-electron chi connectivity index (χ4n) is 4.37. The molecule has 2 aliphatic rings. The second-order valence-corrected chi connectivity index (χ2v) is 7.54. The smallest absolute Gasteiger partial charge is 0.248 e. The molecule has 1 spiro atoms. The minimum atomic E-state index is -0.0597. The highest BCUT2D eigenvalue weighted by molar-refractivity contribution is 5.85. The molecule has 5 nitrogen and oxygen atoms in total. The molecule has 0 bridgehead atoms. The molecule has 3 rings (SSSR count). The Hall–Kier alpha value is -1.88. The first-order valence-electron chi connectivity index (χ1n) is 9.78. The van der Waals surface area contributed by atoms with Gasteiger partial charge in [0.05, 0.1) is 5.92 Å². The second kappa shape index (κ2) is 8.21. The summed E-state index contributed by atoms with van der Waals surface area (Å²) in [7, 11) is 0. The number of amides is 2. The lowest BCUT2D eigenvalue weighted by molar-refractivity contribution is -0.145. The molecule has 1 aromatic carbocycles. The van der Waals surface area contributed by atoms with Crippen molar-refractivity contribution < 1.29 is 14.3 Å². The highest BCUT2D eigenvalue weighted by Gasteiger charge is 2.46. The van der Waals surface area contributed by atoms with Gasteiger partial charge >= 0.3 is 0 Å². The SMILES string of the molecule is CCOCC(=O)N1CCC2(CC1)CC(c1ccccc1)C(=O)N(CC)C2. The van der Waals surface area contributed by atoms with Crippen molar-refractivity contribution in [1.29, 1.82) is 0 Å². The summed E-state index contributed by atoms with van der Waals surface area (Å²) in [6.45, 7) is 7.79. The standard InChI is InChI=1S/C21H30N2O3/c1-3-22-16-21(10-12-23(13-11-21)19(24)15-26-4-2)14-18(20(22)25)17-8-6-5-7-9-17/h5-9,18H,3-4,10-16H2,1-2H3. The van der Waals surface area contributed by atoms with Gasteiger partial charge in [0.25, 0.3) is 0 Å². The first-order valence-corrected chi connectivity index (χ1v) is 9.78. The molecule has 2 fully saturated rings. The van der Waals surface area contributed by atoms with E-state index in [1.54, 1.807) is 0 Å². The van der Waals surface area contributed by atoms with Crippen LogP contribution in [0.3, 0.4) is 0 Å². The Bertz CT molecular complexity index is 623. The molecule has 0 aliphatic carbocycles. The van der Waals surface area contributed by atoms with E-state index in [9.17, 15) is 9.59 Å². The maximum atomic E-state index is 12.9. The van der Waals surface area contributed by atoms with Crippen LogP contribution in [-0.4, -0.2) is 61.0 Å². The van der Waals surface area contributed by atoms with Crippen LogP contribution in [0, 0.1) is 5.41 Å². The highest BCUT2D eigenvalue weighted by Crippen LogP contribution is 2.45. The predicted molar refractivity (Wildman–Crippen MR) is 101 cm³/mol. The van der Waals surface area contributed by atoms with Gasteiger partial charge < -0.3 is 14.5 Å². The van der Waals surface area contributed by atoms with Gasteiger partial charge in [0.15, 0.2) is 0 Å². The lowest BCUT2D eigenvalue weighted by Crippen LogP contribution is -2.54. The van der Waals surface area contributed by atoms with Crippen LogP contribution in [0.15, 0.2) is 30.3 Å². The van der Waals surface area contributed by atoms with E-state index >= 15 is 0 Å². The zero-order valence-electron chi connectivity index (χ0n) is 15.9. The Morgan fingerprint density at radius 3 is 2.50 bits per heavy atom. The number of nitrogens with zero attached hydrogens (tertiary/aromatic N) is 2. The molecule has 2 saturated heterocycles. The van der Waals surface area contributed by atoms with Gasteiger partial charge in [0, 0.05) is 32.8 Å². The molecule has 2 amide bonds. The van der Waals surface area contributed by atoms with E-state index in [2.05, 4.69) is 19.1 Å². The summed E-state index contributed by atoms with van der Waals surface area (Å²) in [6.07, 6.45) is 2.80. The summed E-state index contributed by atoms with van der Waals surface area (Å²) in [6, 6.07) is 10.1. The number of hydrogen-bond donors (Lipinski definition) is 0. The van der Waals surface area contributed by atoms with Gasteiger partial charge in [-0.25, -0.2) is 0 Å². The third-order valence-corrected chi connectivity index (χ3v) is 5.96. The molecule has 26 heavy (non-hydrogen) atoms. The van der Waals surface area contributed by atoms with Crippen molar-refractivity contribution in [3.05, 3.63) is 35.9 Å². The maximum Gasteiger partial charge on any atom is 0.248 e. The van der Waals surface area contributed by atoms with Crippen molar-refractivity contribution in [3.63, 3.8) is 0 Å². The molecule has 0 aromatic heterocycles. The van der Waals surface area contributed by atoms with Gasteiger partial charge in [0.2, 0.25) is 11.8 Å². The molecule has 0 radical (unpaired) electrons. The quantitative estimate of drug-likeness (QED) is 0.813.